The minimum absolute atomic E-state index is 0.0144. The van der Waals surface area contributed by atoms with Crippen LogP contribution in [0.2, 0.25) is 5.02 Å². The van der Waals surface area contributed by atoms with Crippen molar-refractivity contribution in [2.24, 2.45) is 0 Å². The van der Waals surface area contributed by atoms with Gasteiger partial charge in [-0.15, -0.1) is 0 Å². The summed E-state index contributed by atoms with van der Waals surface area (Å²) >= 11 is 6.04. The Morgan fingerprint density at radius 2 is 2.05 bits per heavy atom. The molecule has 2 aromatic rings. The zero-order valence-corrected chi connectivity index (χ0v) is 10.7. The molecule has 20 heavy (non-hydrogen) atoms. The van der Waals surface area contributed by atoms with Gasteiger partial charge in [0, 0.05) is 12.1 Å². The summed E-state index contributed by atoms with van der Waals surface area (Å²) in [4.78, 5) is 10.8. The van der Waals surface area contributed by atoms with Crippen molar-refractivity contribution >= 4 is 17.6 Å². The number of carboxylic acid groups (broad SMARTS) is 1. The van der Waals surface area contributed by atoms with E-state index in [1.54, 1.807) is 0 Å². The van der Waals surface area contributed by atoms with Crippen LogP contribution in [0.1, 0.15) is 10.6 Å². The van der Waals surface area contributed by atoms with Gasteiger partial charge < -0.3 is 24.2 Å². The Hall–Kier alpha value is -2.41. The molecule has 0 spiro atoms. The summed E-state index contributed by atoms with van der Waals surface area (Å²) in [6, 6.07) is 2.53. The Kier molecular flexibility index (Phi) is 2.90. The summed E-state index contributed by atoms with van der Waals surface area (Å²) in [5.74, 6) is -1.21. The lowest BCUT2D eigenvalue weighted by molar-refractivity contribution is 0.0652. The second-order valence-corrected chi connectivity index (χ2v) is 4.37. The van der Waals surface area contributed by atoms with E-state index in [4.69, 9.17) is 26.2 Å². The summed E-state index contributed by atoms with van der Waals surface area (Å²) in [5.41, 5.74) is 0.377. The minimum atomic E-state index is -1.26. The third kappa shape index (κ3) is 1.92. The largest absolute Gasteiger partial charge is 0.506 e. The molecule has 7 nitrogen and oxygen atoms in total. The van der Waals surface area contributed by atoms with Gasteiger partial charge in [-0.05, 0) is 0 Å². The molecule has 0 radical (unpaired) electrons. The number of aromatic nitrogens is 1. The van der Waals surface area contributed by atoms with Crippen LogP contribution in [0.3, 0.4) is 0 Å². The zero-order valence-electron chi connectivity index (χ0n) is 9.92. The maximum atomic E-state index is 10.8. The van der Waals surface area contributed by atoms with E-state index in [9.17, 15) is 9.90 Å². The summed E-state index contributed by atoms with van der Waals surface area (Å²) in [6.45, 7) is 0.650. The van der Waals surface area contributed by atoms with E-state index in [0.717, 1.165) is 0 Å². The van der Waals surface area contributed by atoms with Crippen LogP contribution in [-0.4, -0.2) is 34.6 Å². The Labute approximate surface area is 117 Å². The highest BCUT2D eigenvalue weighted by molar-refractivity contribution is 6.35. The maximum Gasteiger partial charge on any atom is 0.374 e. The van der Waals surface area contributed by atoms with Crippen molar-refractivity contribution in [2.75, 3.05) is 13.2 Å². The molecule has 3 rings (SSSR count). The lowest BCUT2D eigenvalue weighted by Gasteiger charge is -2.21. The van der Waals surface area contributed by atoms with E-state index in [1.807, 2.05) is 0 Å². The van der Waals surface area contributed by atoms with Crippen molar-refractivity contribution < 1.29 is 29.0 Å². The van der Waals surface area contributed by atoms with Gasteiger partial charge in [0.25, 0.3) is 0 Å². The first kappa shape index (κ1) is 12.6. The molecule has 0 unspecified atom stereocenters. The molecule has 1 aromatic carbocycles. The van der Waals surface area contributed by atoms with Gasteiger partial charge in [-0.25, -0.2) is 4.79 Å². The molecule has 2 heterocycles. The van der Waals surface area contributed by atoms with E-state index < -0.39 is 5.97 Å². The average Bonchev–Trinajstić information content (AvgIpc) is 2.90. The number of ether oxygens (including phenoxy) is 2. The van der Waals surface area contributed by atoms with Gasteiger partial charge in [-0.3, -0.25) is 0 Å². The fraction of sp³-hybridized carbons (Fsp3) is 0.167. The molecule has 0 bridgehead atoms. The van der Waals surface area contributed by atoms with E-state index in [-0.39, 0.29) is 27.8 Å². The molecular formula is C12H8ClNO6. The number of phenolic OH excluding ortho intramolecular Hbond substituents is 1. The number of rotatable bonds is 2. The number of hydrogen-bond donors (Lipinski definition) is 2. The quantitative estimate of drug-likeness (QED) is 0.875. The number of phenols is 1. The van der Waals surface area contributed by atoms with Crippen molar-refractivity contribution in [1.82, 2.24) is 5.16 Å². The monoisotopic (exact) mass is 297 g/mol. The van der Waals surface area contributed by atoms with Crippen molar-refractivity contribution in [3.8, 4) is 28.5 Å². The standard InChI is InChI=1S/C12H8ClNO6/c13-10-6(15)4-7-11(19-2-1-18-7)9(10)5-3-8(12(16)17)20-14-5/h3-4,15H,1-2H2,(H,16,17). The Morgan fingerprint density at radius 1 is 1.30 bits per heavy atom. The van der Waals surface area contributed by atoms with Crippen LogP contribution in [0.25, 0.3) is 11.3 Å². The molecule has 0 amide bonds. The van der Waals surface area contributed by atoms with Crippen LogP contribution >= 0.6 is 11.6 Å². The van der Waals surface area contributed by atoms with Crippen molar-refractivity contribution in [1.29, 1.82) is 0 Å². The van der Waals surface area contributed by atoms with E-state index in [0.29, 0.717) is 24.7 Å². The molecule has 0 aliphatic carbocycles. The normalized spacial score (nSPS) is 13.2. The first-order valence-corrected chi connectivity index (χ1v) is 5.97. The molecule has 0 saturated carbocycles. The molecular weight excluding hydrogens is 290 g/mol. The summed E-state index contributed by atoms with van der Waals surface area (Å²) < 4.78 is 15.5. The predicted molar refractivity (Wildman–Crippen MR) is 66.6 cm³/mol. The van der Waals surface area contributed by atoms with Crippen LogP contribution in [0.5, 0.6) is 17.2 Å². The third-order valence-electron chi connectivity index (χ3n) is 2.73. The van der Waals surface area contributed by atoms with Crippen LogP contribution in [-0.2, 0) is 0 Å². The fourth-order valence-electron chi connectivity index (χ4n) is 1.87. The van der Waals surface area contributed by atoms with Crippen LogP contribution < -0.4 is 9.47 Å². The number of aromatic carboxylic acids is 1. The molecule has 1 aliphatic heterocycles. The van der Waals surface area contributed by atoms with Gasteiger partial charge >= 0.3 is 5.97 Å². The topological polar surface area (TPSA) is 102 Å². The minimum Gasteiger partial charge on any atom is -0.506 e. The highest BCUT2D eigenvalue weighted by atomic mass is 35.5. The molecule has 2 N–H and O–H groups in total. The number of halogens is 1. The number of carbonyl (C=O) groups is 1. The fourth-order valence-corrected chi connectivity index (χ4v) is 2.11. The lowest BCUT2D eigenvalue weighted by Crippen LogP contribution is -2.16. The van der Waals surface area contributed by atoms with E-state index >= 15 is 0 Å². The van der Waals surface area contributed by atoms with Crippen molar-refractivity contribution in [3.05, 3.63) is 22.9 Å². The second kappa shape index (κ2) is 4.61. The predicted octanol–water partition coefficient (Wildman–Crippen LogP) is 2.17. The van der Waals surface area contributed by atoms with Crippen molar-refractivity contribution in [2.45, 2.75) is 0 Å². The molecule has 0 fully saturated rings. The number of aromatic hydroxyl groups is 1. The van der Waals surface area contributed by atoms with Crippen LogP contribution in [0, 0.1) is 0 Å². The summed E-state index contributed by atoms with van der Waals surface area (Å²) in [6.07, 6.45) is 0. The highest BCUT2D eigenvalue weighted by Gasteiger charge is 2.26. The molecule has 1 aliphatic rings. The number of nitrogens with zero attached hydrogens (tertiary/aromatic N) is 1. The third-order valence-corrected chi connectivity index (χ3v) is 3.11. The number of fused-ring (bicyclic) bond motifs is 1. The maximum absolute atomic E-state index is 10.8. The van der Waals surface area contributed by atoms with Gasteiger partial charge in [0.1, 0.15) is 24.7 Å². The first-order chi connectivity index (χ1) is 9.58. The molecule has 8 heteroatoms. The van der Waals surface area contributed by atoms with Gasteiger partial charge in [-0.1, -0.05) is 16.8 Å². The van der Waals surface area contributed by atoms with Gasteiger partial charge in [0.2, 0.25) is 5.76 Å². The highest BCUT2D eigenvalue weighted by Crippen LogP contribution is 2.48. The zero-order chi connectivity index (χ0) is 14.3. The number of benzene rings is 1. The van der Waals surface area contributed by atoms with E-state index in [2.05, 4.69) is 9.68 Å². The Morgan fingerprint density at radius 3 is 2.75 bits per heavy atom. The molecule has 0 saturated heterocycles. The van der Waals surface area contributed by atoms with Gasteiger partial charge in [0.05, 0.1) is 10.6 Å². The molecule has 104 valence electrons. The van der Waals surface area contributed by atoms with Crippen LogP contribution in [0.4, 0.5) is 0 Å². The van der Waals surface area contributed by atoms with Gasteiger partial charge in [-0.2, -0.15) is 0 Å². The van der Waals surface area contributed by atoms with Gasteiger partial charge in [0.15, 0.2) is 11.5 Å². The van der Waals surface area contributed by atoms with Crippen LogP contribution in [0.15, 0.2) is 16.7 Å². The lowest BCUT2D eigenvalue weighted by atomic mass is 10.1. The molecule has 0 atom stereocenters. The number of carboxylic acids is 1. The Balaban J connectivity index is 2.20. The smallest absolute Gasteiger partial charge is 0.374 e. The number of hydrogen-bond acceptors (Lipinski definition) is 6. The second-order valence-electron chi connectivity index (χ2n) is 3.99. The average molecular weight is 298 g/mol. The van der Waals surface area contributed by atoms with E-state index in [1.165, 1.54) is 12.1 Å². The summed E-state index contributed by atoms with van der Waals surface area (Å²) in [5, 5.41) is 22.2. The SMILES string of the molecule is O=C(O)c1cc(-c2c(Cl)c(O)cc3c2OCCO3)no1. The first-order valence-electron chi connectivity index (χ1n) is 5.59. The molecule has 1 aromatic heterocycles. The summed E-state index contributed by atoms with van der Waals surface area (Å²) in [7, 11) is 0. The Bertz CT molecular complexity index is 695. The van der Waals surface area contributed by atoms with Crippen molar-refractivity contribution in [3.63, 3.8) is 0 Å².